The zero-order chi connectivity index (χ0) is 20.1. The van der Waals surface area contributed by atoms with Gasteiger partial charge in [-0.15, -0.1) is 10.2 Å². The average molecular weight is 430 g/mol. The SMILES string of the molecule is CCOc1ccccc1Nc1nnc(SCc2nc(-c3ccc(F)cc3)no2)s1. The van der Waals surface area contributed by atoms with Crippen molar-refractivity contribution in [2.45, 2.75) is 17.0 Å². The van der Waals surface area contributed by atoms with E-state index in [0.717, 1.165) is 15.8 Å². The van der Waals surface area contributed by atoms with Gasteiger partial charge in [0.25, 0.3) is 0 Å². The molecule has 10 heteroatoms. The Labute approximate surface area is 174 Å². The van der Waals surface area contributed by atoms with Crippen LogP contribution in [0.15, 0.2) is 57.4 Å². The molecule has 0 unspecified atom stereocenters. The van der Waals surface area contributed by atoms with E-state index in [4.69, 9.17) is 9.26 Å². The minimum absolute atomic E-state index is 0.308. The van der Waals surface area contributed by atoms with Gasteiger partial charge in [-0.1, -0.05) is 40.4 Å². The van der Waals surface area contributed by atoms with Gasteiger partial charge < -0.3 is 14.6 Å². The van der Waals surface area contributed by atoms with Gasteiger partial charge in [0.1, 0.15) is 11.6 Å². The highest BCUT2D eigenvalue weighted by molar-refractivity contribution is 8.00. The second kappa shape index (κ2) is 9.01. The summed E-state index contributed by atoms with van der Waals surface area (Å²) in [5.74, 6) is 1.79. The number of ether oxygens (including phenoxy) is 1. The number of halogens is 1. The molecule has 29 heavy (non-hydrogen) atoms. The number of nitrogens with zero attached hydrogens (tertiary/aromatic N) is 4. The first-order valence-corrected chi connectivity index (χ1v) is 10.5. The van der Waals surface area contributed by atoms with Gasteiger partial charge >= 0.3 is 0 Å². The van der Waals surface area contributed by atoms with Crippen molar-refractivity contribution in [3.05, 3.63) is 60.2 Å². The van der Waals surface area contributed by atoms with Crippen LogP contribution < -0.4 is 10.1 Å². The van der Waals surface area contributed by atoms with E-state index in [0.29, 0.717) is 34.8 Å². The molecule has 4 aromatic rings. The highest BCUT2D eigenvalue weighted by atomic mass is 32.2. The number of aromatic nitrogens is 4. The molecule has 148 valence electrons. The molecule has 0 spiro atoms. The standard InChI is InChI=1S/C19H16FN5O2S2/c1-2-26-15-6-4-3-5-14(15)21-18-23-24-19(29-18)28-11-16-22-17(25-27-16)12-7-9-13(20)10-8-12/h3-10H,2,11H2,1H3,(H,21,23). The Morgan fingerprint density at radius 2 is 1.97 bits per heavy atom. The minimum atomic E-state index is -0.308. The van der Waals surface area contributed by atoms with Crippen molar-refractivity contribution in [3.8, 4) is 17.1 Å². The molecule has 2 heterocycles. The maximum absolute atomic E-state index is 13.0. The predicted molar refractivity (Wildman–Crippen MR) is 110 cm³/mol. The number of benzene rings is 2. The Morgan fingerprint density at radius 3 is 2.79 bits per heavy atom. The topological polar surface area (TPSA) is 86.0 Å². The maximum Gasteiger partial charge on any atom is 0.237 e. The van der Waals surface area contributed by atoms with E-state index < -0.39 is 0 Å². The molecule has 2 aromatic heterocycles. The van der Waals surface area contributed by atoms with Gasteiger partial charge in [-0.3, -0.25) is 0 Å². The van der Waals surface area contributed by atoms with Crippen molar-refractivity contribution in [2.24, 2.45) is 0 Å². The third-order valence-corrected chi connectivity index (χ3v) is 5.68. The van der Waals surface area contributed by atoms with Crippen molar-refractivity contribution in [3.63, 3.8) is 0 Å². The van der Waals surface area contributed by atoms with Crippen LogP contribution in [0.3, 0.4) is 0 Å². The lowest BCUT2D eigenvalue weighted by Crippen LogP contribution is -1.97. The molecule has 0 aliphatic rings. The largest absolute Gasteiger partial charge is 0.492 e. The molecule has 0 aliphatic carbocycles. The van der Waals surface area contributed by atoms with Gasteiger partial charge in [-0.2, -0.15) is 4.98 Å². The summed E-state index contributed by atoms with van der Waals surface area (Å²) in [5, 5.41) is 16.2. The maximum atomic E-state index is 13.0. The van der Waals surface area contributed by atoms with Gasteiger partial charge in [0.2, 0.25) is 16.8 Å². The van der Waals surface area contributed by atoms with Crippen LogP contribution in [-0.2, 0) is 5.75 Å². The highest BCUT2D eigenvalue weighted by Crippen LogP contribution is 2.32. The van der Waals surface area contributed by atoms with E-state index >= 15 is 0 Å². The van der Waals surface area contributed by atoms with Gasteiger partial charge in [0.05, 0.1) is 18.0 Å². The van der Waals surface area contributed by atoms with Crippen LogP contribution in [-0.4, -0.2) is 26.9 Å². The Morgan fingerprint density at radius 1 is 1.14 bits per heavy atom. The van der Waals surface area contributed by atoms with Crippen LogP contribution in [0.4, 0.5) is 15.2 Å². The number of rotatable bonds is 8. The summed E-state index contributed by atoms with van der Waals surface area (Å²) in [6.45, 7) is 2.52. The molecule has 0 amide bonds. The van der Waals surface area contributed by atoms with E-state index in [2.05, 4.69) is 25.7 Å². The summed E-state index contributed by atoms with van der Waals surface area (Å²) >= 11 is 2.87. The molecule has 0 radical (unpaired) electrons. The van der Waals surface area contributed by atoms with Crippen LogP contribution >= 0.6 is 23.1 Å². The summed E-state index contributed by atoms with van der Waals surface area (Å²) in [7, 11) is 0. The lowest BCUT2D eigenvalue weighted by atomic mass is 10.2. The van der Waals surface area contributed by atoms with Crippen molar-refractivity contribution >= 4 is 33.9 Å². The summed E-state index contributed by atoms with van der Waals surface area (Å²) in [5.41, 5.74) is 1.53. The number of thioether (sulfide) groups is 1. The van der Waals surface area contributed by atoms with Crippen LogP contribution in [0, 0.1) is 5.82 Å². The fourth-order valence-electron chi connectivity index (χ4n) is 2.44. The second-order valence-corrected chi connectivity index (χ2v) is 7.93. The monoisotopic (exact) mass is 429 g/mol. The fraction of sp³-hybridized carbons (Fsp3) is 0.158. The molecule has 0 bridgehead atoms. The summed E-state index contributed by atoms with van der Waals surface area (Å²) in [6.07, 6.45) is 0. The van der Waals surface area contributed by atoms with Gasteiger partial charge in [-0.05, 0) is 43.3 Å². The molecule has 0 saturated heterocycles. The van der Waals surface area contributed by atoms with E-state index in [1.54, 1.807) is 12.1 Å². The number of hydrogen-bond acceptors (Lipinski definition) is 9. The van der Waals surface area contributed by atoms with Crippen LogP contribution in [0.1, 0.15) is 12.8 Å². The molecule has 1 N–H and O–H groups in total. The Bertz CT molecular complexity index is 1080. The highest BCUT2D eigenvalue weighted by Gasteiger charge is 2.12. The van der Waals surface area contributed by atoms with E-state index in [1.807, 2.05) is 31.2 Å². The summed E-state index contributed by atoms with van der Waals surface area (Å²) < 4.78 is 24.7. The van der Waals surface area contributed by atoms with E-state index in [-0.39, 0.29) is 5.82 Å². The van der Waals surface area contributed by atoms with Crippen molar-refractivity contribution < 1.29 is 13.7 Å². The number of para-hydroxylation sites is 2. The van der Waals surface area contributed by atoms with Gasteiger partial charge in [-0.25, -0.2) is 4.39 Å². The molecule has 7 nitrogen and oxygen atoms in total. The zero-order valence-corrected chi connectivity index (χ0v) is 17.0. The molecule has 0 saturated carbocycles. The Balaban J connectivity index is 1.37. The average Bonchev–Trinajstić information content (AvgIpc) is 3.38. The first-order valence-electron chi connectivity index (χ1n) is 8.75. The van der Waals surface area contributed by atoms with Crippen LogP contribution in [0.25, 0.3) is 11.4 Å². The Kier molecular flexibility index (Phi) is 6.01. The van der Waals surface area contributed by atoms with Crippen molar-refractivity contribution in [1.82, 2.24) is 20.3 Å². The zero-order valence-electron chi connectivity index (χ0n) is 15.3. The summed E-state index contributed by atoms with van der Waals surface area (Å²) in [6, 6.07) is 13.6. The molecule has 4 rings (SSSR count). The second-order valence-electron chi connectivity index (χ2n) is 5.73. The lowest BCUT2D eigenvalue weighted by molar-refractivity contribution is 0.342. The first-order chi connectivity index (χ1) is 14.2. The van der Waals surface area contributed by atoms with Crippen LogP contribution in [0.2, 0.25) is 0 Å². The smallest absolute Gasteiger partial charge is 0.237 e. The van der Waals surface area contributed by atoms with E-state index in [9.17, 15) is 4.39 Å². The number of hydrogen-bond donors (Lipinski definition) is 1. The van der Waals surface area contributed by atoms with Crippen LogP contribution in [0.5, 0.6) is 5.75 Å². The normalized spacial score (nSPS) is 10.8. The number of anilines is 2. The molecule has 0 fully saturated rings. The molecule has 2 aromatic carbocycles. The van der Waals surface area contributed by atoms with E-state index in [1.165, 1.54) is 35.2 Å². The third kappa shape index (κ3) is 4.90. The third-order valence-electron chi connectivity index (χ3n) is 3.72. The van der Waals surface area contributed by atoms with Gasteiger partial charge in [0.15, 0.2) is 4.34 Å². The quantitative estimate of drug-likeness (QED) is 0.384. The first kappa shape index (κ1) is 19.3. The summed E-state index contributed by atoms with van der Waals surface area (Å²) in [4.78, 5) is 4.34. The Hall–Kier alpha value is -2.98. The molecule has 0 aliphatic heterocycles. The fourth-order valence-corrected chi connectivity index (χ4v) is 4.04. The van der Waals surface area contributed by atoms with Gasteiger partial charge in [0, 0.05) is 5.56 Å². The van der Waals surface area contributed by atoms with Crippen molar-refractivity contribution in [1.29, 1.82) is 0 Å². The molecule has 0 atom stereocenters. The lowest BCUT2D eigenvalue weighted by Gasteiger charge is -2.09. The molecular weight excluding hydrogens is 413 g/mol. The molecular formula is C19H16FN5O2S2. The van der Waals surface area contributed by atoms with Crippen molar-refractivity contribution in [2.75, 3.05) is 11.9 Å². The predicted octanol–water partition coefficient (Wildman–Crippen LogP) is 5.16. The minimum Gasteiger partial charge on any atom is -0.492 e. The number of nitrogens with one attached hydrogen (secondary N) is 1.